The summed E-state index contributed by atoms with van der Waals surface area (Å²) in [5.41, 5.74) is 1.43. The summed E-state index contributed by atoms with van der Waals surface area (Å²) < 4.78 is 0. The molecule has 0 unspecified atom stereocenters. The predicted molar refractivity (Wildman–Crippen MR) is 93.0 cm³/mol. The van der Waals surface area contributed by atoms with Gasteiger partial charge in [-0.25, -0.2) is 0 Å². The van der Waals surface area contributed by atoms with Crippen molar-refractivity contribution in [2.45, 2.75) is 10.8 Å². The minimum absolute atomic E-state index is 0.156. The normalized spacial score (nSPS) is 13.7. The third-order valence-corrected chi connectivity index (χ3v) is 4.74. The van der Waals surface area contributed by atoms with Crippen LogP contribution >= 0.6 is 23.2 Å². The van der Waals surface area contributed by atoms with Crippen molar-refractivity contribution in [2.75, 3.05) is 0 Å². The van der Waals surface area contributed by atoms with Gasteiger partial charge < -0.3 is 0 Å². The number of alkyl halides is 2. The zero-order chi connectivity index (χ0) is 15.5. The van der Waals surface area contributed by atoms with E-state index < -0.39 is 10.8 Å². The largest absolute Gasteiger partial charge is 0.292 e. The van der Waals surface area contributed by atoms with Crippen LogP contribution in [0.2, 0.25) is 0 Å². The number of ketones is 1. The molecule has 0 amide bonds. The van der Waals surface area contributed by atoms with Crippen LogP contribution in [0.1, 0.15) is 21.3 Å². The van der Waals surface area contributed by atoms with Crippen molar-refractivity contribution in [1.29, 1.82) is 0 Å². The minimum atomic E-state index is -0.801. The number of carbonyl (C=O) groups is 1. The molecule has 3 rings (SSSR count). The fraction of sp³-hybridized carbons (Fsp3) is 0.105. The Morgan fingerprint density at radius 3 is 2.14 bits per heavy atom. The van der Waals surface area contributed by atoms with Crippen molar-refractivity contribution < 1.29 is 4.79 Å². The highest BCUT2D eigenvalue weighted by Crippen LogP contribution is 2.30. The summed E-state index contributed by atoms with van der Waals surface area (Å²) in [5, 5.41) is 0.755. The predicted octanol–water partition coefficient (Wildman–Crippen LogP) is 5.61. The Labute approximate surface area is 139 Å². The summed E-state index contributed by atoms with van der Waals surface area (Å²) in [5.74, 6) is -0.156. The lowest BCUT2D eigenvalue weighted by Gasteiger charge is -2.15. The minimum Gasteiger partial charge on any atom is -0.292 e. The topological polar surface area (TPSA) is 17.1 Å². The molecule has 0 saturated carbocycles. The van der Waals surface area contributed by atoms with Crippen LogP contribution in [0.4, 0.5) is 0 Å². The van der Waals surface area contributed by atoms with Crippen molar-refractivity contribution in [1.82, 2.24) is 0 Å². The second-order valence-corrected chi connectivity index (χ2v) is 6.08. The van der Waals surface area contributed by atoms with E-state index in [1.807, 2.05) is 66.7 Å². The summed E-state index contributed by atoms with van der Waals surface area (Å²) in [6.07, 6.45) is 0. The molecular formula is C19H14Cl2O. The molecule has 0 aromatic heterocycles. The highest BCUT2D eigenvalue weighted by molar-refractivity contribution is 6.39. The van der Waals surface area contributed by atoms with Gasteiger partial charge in [-0.05, 0) is 22.4 Å². The van der Waals surface area contributed by atoms with E-state index >= 15 is 0 Å². The van der Waals surface area contributed by atoms with Gasteiger partial charge in [-0.15, -0.1) is 23.2 Å². The molecule has 0 heterocycles. The molecule has 110 valence electrons. The van der Waals surface area contributed by atoms with Crippen LogP contribution in [0.5, 0.6) is 0 Å². The molecule has 3 aromatic rings. The Morgan fingerprint density at radius 1 is 0.773 bits per heavy atom. The fourth-order valence-corrected chi connectivity index (χ4v) is 2.97. The number of fused-ring (bicyclic) bond motifs is 1. The Morgan fingerprint density at radius 2 is 1.41 bits per heavy atom. The van der Waals surface area contributed by atoms with E-state index in [2.05, 4.69) is 0 Å². The molecule has 0 bridgehead atoms. The smallest absolute Gasteiger partial charge is 0.182 e. The number of halogens is 2. The van der Waals surface area contributed by atoms with Gasteiger partial charge >= 0.3 is 0 Å². The second-order valence-electron chi connectivity index (χ2n) is 5.14. The van der Waals surface area contributed by atoms with Gasteiger partial charge in [-0.1, -0.05) is 66.7 Å². The van der Waals surface area contributed by atoms with Gasteiger partial charge in [0.15, 0.2) is 5.78 Å². The van der Waals surface area contributed by atoms with Crippen molar-refractivity contribution in [3.63, 3.8) is 0 Å². The molecule has 0 aliphatic rings. The molecule has 1 nitrogen and oxygen atoms in total. The van der Waals surface area contributed by atoms with Gasteiger partial charge in [0, 0.05) is 5.56 Å². The van der Waals surface area contributed by atoms with Crippen molar-refractivity contribution in [3.8, 4) is 0 Å². The summed E-state index contributed by atoms with van der Waals surface area (Å²) >= 11 is 12.7. The first-order valence-electron chi connectivity index (χ1n) is 7.03. The number of Topliss-reactive ketones (excluding diaryl/α,β-unsaturated/α-hetero) is 1. The van der Waals surface area contributed by atoms with E-state index in [9.17, 15) is 4.79 Å². The van der Waals surface area contributed by atoms with E-state index in [0.717, 1.165) is 16.3 Å². The third-order valence-electron chi connectivity index (χ3n) is 3.66. The highest BCUT2D eigenvalue weighted by Gasteiger charge is 2.26. The van der Waals surface area contributed by atoms with Gasteiger partial charge in [0.05, 0.1) is 5.38 Å². The summed E-state index contributed by atoms with van der Waals surface area (Å²) in [4.78, 5) is 12.6. The number of hydrogen-bond donors (Lipinski definition) is 0. The maximum atomic E-state index is 12.6. The summed E-state index contributed by atoms with van der Waals surface area (Å²) in [7, 11) is 0. The van der Waals surface area contributed by atoms with Crippen molar-refractivity contribution in [2.24, 2.45) is 0 Å². The van der Waals surface area contributed by atoms with Gasteiger partial charge in [-0.3, -0.25) is 4.79 Å². The first-order valence-corrected chi connectivity index (χ1v) is 7.90. The highest BCUT2D eigenvalue weighted by atomic mass is 35.5. The Hall–Kier alpha value is -1.83. The molecule has 0 aliphatic carbocycles. The second kappa shape index (κ2) is 6.51. The van der Waals surface area contributed by atoms with E-state index in [-0.39, 0.29) is 5.78 Å². The molecule has 0 spiro atoms. The SMILES string of the molecule is O=C(c1ccc2ccccc2c1)[C@@H](Cl)[C@H](Cl)c1ccccc1. The monoisotopic (exact) mass is 328 g/mol. The van der Waals surface area contributed by atoms with Crippen LogP contribution in [0, 0.1) is 0 Å². The first kappa shape index (κ1) is 15.1. The molecule has 0 aliphatic heterocycles. The number of carbonyl (C=O) groups excluding carboxylic acids is 1. The van der Waals surface area contributed by atoms with Crippen LogP contribution in [-0.4, -0.2) is 11.2 Å². The number of rotatable bonds is 4. The lowest BCUT2D eigenvalue weighted by atomic mass is 9.99. The lowest BCUT2D eigenvalue weighted by molar-refractivity contribution is 0.0985. The molecule has 0 saturated heterocycles. The number of hydrogen-bond acceptors (Lipinski definition) is 1. The van der Waals surface area contributed by atoms with Gasteiger partial charge in [0.2, 0.25) is 0 Å². The quantitative estimate of drug-likeness (QED) is 0.449. The average Bonchev–Trinajstić information content (AvgIpc) is 2.60. The van der Waals surface area contributed by atoms with Crippen LogP contribution in [0.3, 0.4) is 0 Å². The van der Waals surface area contributed by atoms with Gasteiger partial charge in [0.1, 0.15) is 5.38 Å². The summed E-state index contributed by atoms with van der Waals surface area (Å²) in [6, 6.07) is 22.9. The fourth-order valence-electron chi connectivity index (χ4n) is 2.44. The third kappa shape index (κ3) is 3.01. The number of benzene rings is 3. The standard InChI is InChI=1S/C19H14Cl2O/c20-17(14-7-2-1-3-8-14)18(21)19(22)16-11-10-13-6-4-5-9-15(13)12-16/h1-12,17-18H/t17-,18+/m1/s1. The van der Waals surface area contributed by atoms with Gasteiger partial charge in [0.25, 0.3) is 0 Å². The van der Waals surface area contributed by atoms with Crippen molar-refractivity contribution >= 4 is 39.8 Å². The van der Waals surface area contributed by atoms with Crippen LogP contribution < -0.4 is 0 Å². The zero-order valence-corrected chi connectivity index (χ0v) is 13.3. The average molecular weight is 329 g/mol. The molecule has 3 heteroatoms. The maximum absolute atomic E-state index is 12.6. The first-order chi connectivity index (χ1) is 10.7. The Bertz CT molecular complexity index is 799. The Balaban J connectivity index is 1.88. The Kier molecular flexibility index (Phi) is 4.47. The molecular weight excluding hydrogens is 315 g/mol. The van der Waals surface area contributed by atoms with Crippen LogP contribution in [0.25, 0.3) is 10.8 Å². The van der Waals surface area contributed by atoms with E-state index in [0.29, 0.717) is 5.56 Å². The van der Waals surface area contributed by atoms with Crippen LogP contribution in [0.15, 0.2) is 72.8 Å². The van der Waals surface area contributed by atoms with Crippen molar-refractivity contribution in [3.05, 3.63) is 83.9 Å². The maximum Gasteiger partial charge on any atom is 0.182 e. The zero-order valence-electron chi connectivity index (χ0n) is 11.7. The van der Waals surface area contributed by atoms with E-state index in [4.69, 9.17) is 23.2 Å². The van der Waals surface area contributed by atoms with Gasteiger partial charge in [-0.2, -0.15) is 0 Å². The molecule has 0 fully saturated rings. The van der Waals surface area contributed by atoms with E-state index in [1.54, 1.807) is 6.07 Å². The summed E-state index contributed by atoms with van der Waals surface area (Å²) in [6.45, 7) is 0. The molecule has 3 aromatic carbocycles. The lowest BCUT2D eigenvalue weighted by Crippen LogP contribution is -2.20. The molecule has 0 radical (unpaired) electrons. The van der Waals surface area contributed by atoms with E-state index in [1.165, 1.54) is 0 Å². The molecule has 2 atom stereocenters. The van der Waals surface area contributed by atoms with Crippen LogP contribution in [-0.2, 0) is 0 Å². The molecule has 0 N–H and O–H groups in total. The molecule has 22 heavy (non-hydrogen) atoms.